The standard InChI is InChI=1S/C26H25FN10O/c1-13(2)6-19(38)32-16-7-15(8-28-9-16)22-21(27)20-17(10-30-22)35-36-24(20)26-33-23-18(4-5-29-25(23)34-26)37-11-14(3)31-12-37/h4-5,7-13,19,32,38H,6H2,1-3H3,(H,35,36)(H,29,33,34). The van der Waals surface area contributed by atoms with Crippen molar-refractivity contribution in [3.63, 3.8) is 0 Å². The molecule has 1 atom stereocenters. The van der Waals surface area contributed by atoms with Crippen molar-refractivity contribution in [1.82, 2.24) is 44.7 Å². The van der Waals surface area contributed by atoms with Crippen molar-refractivity contribution in [1.29, 1.82) is 0 Å². The van der Waals surface area contributed by atoms with E-state index in [2.05, 4.69) is 40.4 Å². The Balaban J connectivity index is 1.41. The third-order valence-electron chi connectivity index (χ3n) is 6.16. The average Bonchev–Trinajstić information content (AvgIpc) is 3.61. The highest BCUT2D eigenvalue weighted by molar-refractivity contribution is 5.95. The van der Waals surface area contributed by atoms with Crippen molar-refractivity contribution < 1.29 is 9.50 Å². The fourth-order valence-electron chi connectivity index (χ4n) is 4.46. The smallest absolute Gasteiger partial charge is 0.161 e. The van der Waals surface area contributed by atoms with E-state index in [1.165, 1.54) is 12.4 Å². The second-order valence-electron chi connectivity index (χ2n) is 9.57. The number of aromatic nitrogens is 9. The van der Waals surface area contributed by atoms with Gasteiger partial charge >= 0.3 is 0 Å². The van der Waals surface area contributed by atoms with Gasteiger partial charge in [-0.3, -0.25) is 15.1 Å². The number of rotatable bonds is 7. The Morgan fingerprint density at radius 2 is 2.00 bits per heavy atom. The van der Waals surface area contributed by atoms with Crippen molar-refractivity contribution in [2.75, 3.05) is 5.32 Å². The molecule has 4 N–H and O–H groups in total. The van der Waals surface area contributed by atoms with Crippen molar-refractivity contribution in [2.45, 2.75) is 33.4 Å². The Morgan fingerprint density at radius 1 is 1.13 bits per heavy atom. The molecule has 11 nitrogen and oxygen atoms in total. The van der Waals surface area contributed by atoms with E-state index in [9.17, 15) is 5.11 Å². The van der Waals surface area contributed by atoms with E-state index >= 15 is 4.39 Å². The van der Waals surface area contributed by atoms with E-state index in [1.54, 1.807) is 24.8 Å². The van der Waals surface area contributed by atoms with Crippen LogP contribution in [0.1, 0.15) is 26.0 Å². The molecule has 192 valence electrons. The van der Waals surface area contributed by atoms with Crippen LogP contribution in [-0.2, 0) is 0 Å². The van der Waals surface area contributed by atoms with E-state index in [0.29, 0.717) is 51.8 Å². The molecule has 6 rings (SSSR count). The number of aryl methyl sites for hydroxylation is 1. The highest BCUT2D eigenvalue weighted by atomic mass is 19.1. The molecule has 0 bridgehead atoms. The first kappa shape index (κ1) is 23.7. The topological polar surface area (TPSA) is 146 Å². The number of aromatic amines is 2. The Bertz CT molecular complexity index is 1770. The molecule has 0 aliphatic rings. The minimum Gasteiger partial charge on any atom is -0.374 e. The van der Waals surface area contributed by atoms with Crippen LogP contribution in [-0.4, -0.2) is 56.0 Å². The minimum atomic E-state index is -0.745. The largest absolute Gasteiger partial charge is 0.374 e. The molecule has 6 aromatic rings. The highest BCUT2D eigenvalue weighted by Gasteiger charge is 2.22. The third-order valence-corrected chi connectivity index (χ3v) is 6.16. The van der Waals surface area contributed by atoms with Crippen LogP contribution in [0, 0.1) is 18.7 Å². The normalized spacial score (nSPS) is 12.6. The van der Waals surface area contributed by atoms with Crippen molar-refractivity contribution in [3.8, 4) is 28.5 Å². The number of aliphatic hydroxyl groups is 1. The van der Waals surface area contributed by atoms with Crippen LogP contribution in [0.3, 0.4) is 0 Å². The Labute approximate surface area is 216 Å². The van der Waals surface area contributed by atoms with Gasteiger partial charge in [0.05, 0.1) is 46.7 Å². The Hall–Kier alpha value is -4.71. The summed E-state index contributed by atoms with van der Waals surface area (Å²) in [6.45, 7) is 5.95. The SMILES string of the molecule is Cc1cn(-c2ccnc3[nH]c(-c4n[nH]c5cnc(-c6cncc(NC(O)CC(C)C)c6)c(F)c45)nc23)cn1. The monoisotopic (exact) mass is 512 g/mol. The van der Waals surface area contributed by atoms with Crippen molar-refractivity contribution in [3.05, 3.63) is 61.0 Å². The lowest BCUT2D eigenvalue weighted by molar-refractivity contribution is 0.176. The van der Waals surface area contributed by atoms with E-state index < -0.39 is 12.0 Å². The molecule has 6 aromatic heterocycles. The lowest BCUT2D eigenvalue weighted by Gasteiger charge is -2.16. The Kier molecular flexibility index (Phi) is 5.80. The molecule has 0 saturated carbocycles. The number of nitrogens with one attached hydrogen (secondary N) is 3. The van der Waals surface area contributed by atoms with Gasteiger partial charge in [0.1, 0.15) is 23.1 Å². The quantitative estimate of drug-likeness (QED) is 0.231. The van der Waals surface area contributed by atoms with Crippen LogP contribution in [0.2, 0.25) is 0 Å². The lowest BCUT2D eigenvalue weighted by atomic mass is 10.1. The fourth-order valence-corrected chi connectivity index (χ4v) is 4.46. The van der Waals surface area contributed by atoms with Gasteiger partial charge in [-0.05, 0) is 31.4 Å². The van der Waals surface area contributed by atoms with Crippen molar-refractivity contribution >= 4 is 27.8 Å². The lowest BCUT2D eigenvalue weighted by Crippen LogP contribution is -2.20. The van der Waals surface area contributed by atoms with E-state index in [-0.39, 0.29) is 11.1 Å². The zero-order valence-electron chi connectivity index (χ0n) is 20.9. The number of pyridine rings is 3. The summed E-state index contributed by atoms with van der Waals surface area (Å²) in [7, 11) is 0. The number of aliphatic hydroxyl groups excluding tert-OH is 1. The van der Waals surface area contributed by atoms with Crippen LogP contribution in [0.4, 0.5) is 10.1 Å². The summed E-state index contributed by atoms with van der Waals surface area (Å²) >= 11 is 0. The molecule has 0 aliphatic carbocycles. The molecule has 1 unspecified atom stereocenters. The van der Waals surface area contributed by atoms with Gasteiger partial charge in [0.25, 0.3) is 0 Å². The highest BCUT2D eigenvalue weighted by Crippen LogP contribution is 2.33. The summed E-state index contributed by atoms with van der Waals surface area (Å²) in [5, 5.41) is 20.7. The van der Waals surface area contributed by atoms with Gasteiger partial charge in [-0.15, -0.1) is 0 Å². The van der Waals surface area contributed by atoms with Gasteiger partial charge in [-0.1, -0.05) is 13.8 Å². The summed E-state index contributed by atoms with van der Waals surface area (Å²) in [6.07, 6.45) is 9.73. The number of imidazole rings is 2. The zero-order valence-corrected chi connectivity index (χ0v) is 20.9. The van der Waals surface area contributed by atoms with E-state index in [0.717, 1.165) is 11.4 Å². The molecule has 0 aromatic carbocycles. The first-order valence-corrected chi connectivity index (χ1v) is 12.2. The fraction of sp³-hybridized carbons (Fsp3) is 0.231. The second-order valence-corrected chi connectivity index (χ2v) is 9.57. The summed E-state index contributed by atoms with van der Waals surface area (Å²) in [4.78, 5) is 25.1. The van der Waals surface area contributed by atoms with Crippen LogP contribution in [0.5, 0.6) is 0 Å². The van der Waals surface area contributed by atoms with Crippen LogP contribution >= 0.6 is 0 Å². The van der Waals surface area contributed by atoms with Crippen LogP contribution < -0.4 is 5.32 Å². The molecule has 0 radical (unpaired) electrons. The predicted octanol–water partition coefficient (Wildman–Crippen LogP) is 4.37. The van der Waals surface area contributed by atoms with Gasteiger partial charge in [-0.25, -0.2) is 19.3 Å². The molecule has 6 heterocycles. The average molecular weight is 513 g/mol. The summed E-state index contributed by atoms with van der Waals surface area (Å²) in [5.41, 5.74) is 4.67. The van der Waals surface area contributed by atoms with Gasteiger partial charge in [0.15, 0.2) is 17.3 Å². The predicted molar refractivity (Wildman–Crippen MR) is 141 cm³/mol. The molecular formula is C26H25FN10O. The number of hydrogen-bond donors (Lipinski definition) is 4. The van der Waals surface area contributed by atoms with Crippen molar-refractivity contribution in [2.24, 2.45) is 5.92 Å². The molecule has 38 heavy (non-hydrogen) atoms. The van der Waals surface area contributed by atoms with E-state index in [1.807, 2.05) is 37.6 Å². The van der Waals surface area contributed by atoms with Crippen LogP contribution in [0.15, 0.2) is 49.4 Å². The van der Waals surface area contributed by atoms with Gasteiger partial charge in [0, 0.05) is 24.2 Å². The summed E-state index contributed by atoms with van der Waals surface area (Å²) in [6, 6.07) is 3.55. The number of fused-ring (bicyclic) bond motifs is 2. The molecule has 0 aliphatic heterocycles. The first-order valence-electron chi connectivity index (χ1n) is 12.2. The van der Waals surface area contributed by atoms with Crippen LogP contribution in [0.25, 0.3) is 50.5 Å². The molecule has 12 heteroatoms. The van der Waals surface area contributed by atoms with Gasteiger partial charge in [-0.2, -0.15) is 5.10 Å². The van der Waals surface area contributed by atoms with E-state index in [4.69, 9.17) is 4.98 Å². The molecule has 0 saturated heterocycles. The summed E-state index contributed by atoms with van der Waals surface area (Å²) in [5.74, 6) is 0.111. The number of halogens is 1. The van der Waals surface area contributed by atoms with Gasteiger partial charge in [0.2, 0.25) is 0 Å². The maximum absolute atomic E-state index is 16.0. The first-order chi connectivity index (χ1) is 18.4. The minimum absolute atomic E-state index is 0.110. The number of nitrogens with zero attached hydrogens (tertiary/aromatic N) is 7. The Morgan fingerprint density at radius 3 is 2.79 bits per heavy atom. The number of hydrogen-bond acceptors (Lipinski definition) is 8. The summed E-state index contributed by atoms with van der Waals surface area (Å²) < 4.78 is 17.9. The maximum Gasteiger partial charge on any atom is 0.161 e. The molecule has 0 spiro atoms. The van der Waals surface area contributed by atoms with Gasteiger partial charge < -0.3 is 20.0 Å². The second kappa shape index (κ2) is 9.30. The molecular weight excluding hydrogens is 487 g/mol. The molecule has 0 fully saturated rings. The number of anilines is 1. The molecule has 0 amide bonds. The number of H-pyrrole nitrogens is 2. The maximum atomic E-state index is 16.0. The zero-order chi connectivity index (χ0) is 26.4. The third kappa shape index (κ3) is 4.24.